The van der Waals surface area contributed by atoms with Crippen molar-refractivity contribution >= 4 is 16.1 Å². The third kappa shape index (κ3) is 2.66. The average molecular weight is 176 g/mol. The molecule has 0 aromatic rings. The van der Waals surface area contributed by atoms with Crippen molar-refractivity contribution in [2.45, 2.75) is 0 Å². The first-order chi connectivity index (χ1) is 4.00. The van der Waals surface area contributed by atoms with E-state index in [0.29, 0.717) is 0 Å². The molecule has 46 valence electrons. The van der Waals surface area contributed by atoms with Gasteiger partial charge in [0, 0.05) is 0 Å². The van der Waals surface area contributed by atoms with Gasteiger partial charge in [-0.15, -0.1) is 0 Å². The summed E-state index contributed by atoms with van der Waals surface area (Å²) in [7, 11) is 0. The first-order valence-electron chi connectivity index (χ1n) is 2.69. The van der Waals surface area contributed by atoms with E-state index < -0.39 is 16.1 Å². The van der Waals surface area contributed by atoms with Crippen LogP contribution in [0.25, 0.3) is 0 Å². The molecule has 1 fully saturated rings. The summed E-state index contributed by atoms with van der Waals surface area (Å²) in [5, 5.41) is 3.16. The summed E-state index contributed by atoms with van der Waals surface area (Å²) in [5.74, 6) is 0. The van der Waals surface area contributed by atoms with E-state index in [0.717, 1.165) is 26.3 Å². The molecule has 1 N–H and O–H groups in total. The fourth-order valence-corrected chi connectivity index (χ4v) is 1.45. The summed E-state index contributed by atoms with van der Waals surface area (Å²) in [6.45, 7) is 3.60. The molecule has 0 saturated carbocycles. The summed E-state index contributed by atoms with van der Waals surface area (Å²) in [5.41, 5.74) is 0. The number of nitrogens with one attached hydrogen (secondary N) is 1. The standard InChI is InChI=1S/C4H9GeNO2/c1-3-7-5-8-4-2-6-1/h6H,1-4H2. The van der Waals surface area contributed by atoms with Crippen LogP contribution >= 0.6 is 0 Å². The normalized spacial score (nSPS) is 24.0. The van der Waals surface area contributed by atoms with E-state index >= 15 is 0 Å². The van der Waals surface area contributed by atoms with Crippen LogP contribution in [0.2, 0.25) is 0 Å². The van der Waals surface area contributed by atoms with Gasteiger partial charge in [0.05, 0.1) is 0 Å². The van der Waals surface area contributed by atoms with E-state index in [1.54, 1.807) is 0 Å². The molecule has 8 heavy (non-hydrogen) atoms. The van der Waals surface area contributed by atoms with E-state index in [4.69, 9.17) is 7.53 Å². The fourth-order valence-electron chi connectivity index (χ4n) is 0.496. The molecule has 2 radical (unpaired) electrons. The first-order valence-corrected chi connectivity index (χ1v) is 4.41. The Bertz CT molecular complexity index is 38.0. The van der Waals surface area contributed by atoms with Crippen molar-refractivity contribution in [3.05, 3.63) is 0 Å². The Morgan fingerprint density at radius 1 is 1.12 bits per heavy atom. The van der Waals surface area contributed by atoms with E-state index in [1.165, 1.54) is 0 Å². The second-order valence-electron chi connectivity index (χ2n) is 1.53. The molecular weight excluding hydrogens is 167 g/mol. The second-order valence-corrected chi connectivity index (χ2v) is 3.09. The van der Waals surface area contributed by atoms with Crippen molar-refractivity contribution in [2.24, 2.45) is 0 Å². The van der Waals surface area contributed by atoms with E-state index in [2.05, 4.69) is 5.32 Å². The monoisotopic (exact) mass is 177 g/mol. The van der Waals surface area contributed by atoms with Gasteiger partial charge in [0.15, 0.2) is 0 Å². The van der Waals surface area contributed by atoms with Gasteiger partial charge < -0.3 is 0 Å². The summed E-state index contributed by atoms with van der Waals surface area (Å²) >= 11 is -0.484. The van der Waals surface area contributed by atoms with E-state index in [1.807, 2.05) is 0 Å². The molecule has 0 bridgehead atoms. The van der Waals surface area contributed by atoms with E-state index in [9.17, 15) is 0 Å². The zero-order chi connectivity index (χ0) is 5.66. The molecule has 0 aromatic heterocycles. The maximum atomic E-state index is 5.11. The number of hydrogen-bond acceptors (Lipinski definition) is 3. The van der Waals surface area contributed by atoms with Crippen molar-refractivity contribution in [1.29, 1.82) is 0 Å². The van der Waals surface area contributed by atoms with Crippen LogP contribution in [0.1, 0.15) is 0 Å². The predicted molar refractivity (Wildman–Crippen MR) is 30.5 cm³/mol. The minimum atomic E-state index is -0.484. The molecule has 4 heteroatoms. The van der Waals surface area contributed by atoms with Gasteiger partial charge in [0.2, 0.25) is 0 Å². The van der Waals surface area contributed by atoms with Crippen LogP contribution in [0, 0.1) is 0 Å². The van der Waals surface area contributed by atoms with E-state index in [-0.39, 0.29) is 0 Å². The number of rotatable bonds is 0. The van der Waals surface area contributed by atoms with Gasteiger partial charge in [-0.2, -0.15) is 0 Å². The molecule has 1 aliphatic rings. The summed E-state index contributed by atoms with van der Waals surface area (Å²) in [4.78, 5) is 0. The van der Waals surface area contributed by atoms with Gasteiger partial charge in [-0.3, -0.25) is 0 Å². The SMILES string of the molecule is C1C[O][Ge][O]CCN1. The van der Waals surface area contributed by atoms with Gasteiger partial charge in [-0.25, -0.2) is 0 Å². The quantitative estimate of drug-likeness (QED) is 0.487. The van der Waals surface area contributed by atoms with Gasteiger partial charge >= 0.3 is 55.3 Å². The minimum absolute atomic E-state index is 0.484. The Morgan fingerprint density at radius 2 is 1.75 bits per heavy atom. The Kier molecular flexibility index (Phi) is 3.53. The molecule has 0 spiro atoms. The molecule has 1 saturated heterocycles. The van der Waals surface area contributed by atoms with Gasteiger partial charge in [0.25, 0.3) is 0 Å². The molecule has 1 aliphatic heterocycles. The topological polar surface area (TPSA) is 30.5 Å². The van der Waals surface area contributed by atoms with Gasteiger partial charge in [-0.1, -0.05) is 0 Å². The van der Waals surface area contributed by atoms with Crippen molar-refractivity contribution in [2.75, 3.05) is 26.3 Å². The van der Waals surface area contributed by atoms with Crippen LogP contribution < -0.4 is 5.32 Å². The van der Waals surface area contributed by atoms with Crippen molar-refractivity contribution in [1.82, 2.24) is 5.32 Å². The van der Waals surface area contributed by atoms with Crippen molar-refractivity contribution in [3.8, 4) is 0 Å². The van der Waals surface area contributed by atoms with Crippen LogP contribution in [0.15, 0.2) is 0 Å². The Hall–Kier alpha value is 0.423. The summed E-state index contributed by atoms with van der Waals surface area (Å²) < 4.78 is 10.2. The third-order valence-corrected chi connectivity index (χ3v) is 2.23. The molecule has 3 nitrogen and oxygen atoms in total. The third-order valence-electron chi connectivity index (χ3n) is 0.880. The Balaban J connectivity index is 2.00. The molecule has 0 amide bonds. The van der Waals surface area contributed by atoms with Gasteiger partial charge in [0.1, 0.15) is 0 Å². The first kappa shape index (κ1) is 6.54. The van der Waals surface area contributed by atoms with Crippen LogP contribution in [0.3, 0.4) is 0 Å². The molecule has 1 heterocycles. The zero-order valence-corrected chi connectivity index (χ0v) is 6.74. The van der Waals surface area contributed by atoms with Crippen LogP contribution in [0.5, 0.6) is 0 Å². The summed E-state index contributed by atoms with van der Waals surface area (Å²) in [6, 6.07) is 0. The Labute approximate surface area is 55.9 Å². The average Bonchev–Trinajstić information content (AvgIpc) is 1.62. The fraction of sp³-hybridized carbons (Fsp3) is 1.00. The van der Waals surface area contributed by atoms with Crippen molar-refractivity contribution in [3.63, 3.8) is 0 Å². The summed E-state index contributed by atoms with van der Waals surface area (Å²) in [6.07, 6.45) is 0. The van der Waals surface area contributed by atoms with Gasteiger partial charge in [-0.05, 0) is 0 Å². The maximum absolute atomic E-state index is 5.11. The molecular formula is C4H9GeNO2. The second kappa shape index (κ2) is 4.32. The van der Waals surface area contributed by atoms with Crippen molar-refractivity contribution < 1.29 is 7.53 Å². The Morgan fingerprint density at radius 3 is 2.38 bits per heavy atom. The van der Waals surface area contributed by atoms with Crippen LogP contribution in [-0.4, -0.2) is 42.4 Å². The zero-order valence-electron chi connectivity index (χ0n) is 4.64. The molecule has 0 unspecified atom stereocenters. The number of hydrogen-bond donors (Lipinski definition) is 1. The molecule has 0 atom stereocenters. The molecule has 0 aromatic carbocycles. The molecule has 0 aliphatic carbocycles. The van der Waals surface area contributed by atoms with Crippen LogP contribution in [-0.2, 0) is 7.53 Å². The predicted octanol–water partition coefficient (Wildman–Crippen LogP) is -0.843. The molecule has 1 rings (SSSR count). The van der Waals surface area contributed by atoms with Crippen LogP contribution in [0.4, 0.5) is 0 Å².